The number of nitrogens with one attached hydrogen (secondary N) is 1. The zero-order valence-corrected chi connectivity index (χ0v) is 12.3. The molecule has 3 N–H and O–H groups in total. The SMILES string of the molecule is NCCCCS(=O)(=O)Nc1ccc(Cl)cc1Br. The average Bonchev–Trinajstić information content (AvgIpc) is 2.22. The van der Waals surface area contributed by atoms with E-state index < -0.39 is 10.0 Å². The van der Waals surface area contributed by atoms with Crippen molar-refractivity contribution < 1.29 is 8.42 Å². The van der Waals surface area contributed by atoms with Gasteiger partial charge in [0.25, 0.3) is 0 Å². The molecule has 0 bridgehead atoms. The molecule has 0 aliphatic heterocycles. The van der Waals surface area contributed by atoms with Crippen LogP contribution in [0.2, 0.25) is 5.02 Å². The molecule has 0 heterocycles. The number of anilines is 1. The number of hydrogen-bond acceptors (Lipinski definition) is 3. The van der Waals surface area contributed by atoms with Gasteiger partial charge in [0.15, 0.2) is 0 Å². The first-order valence-electron chi connectivity index (χ1n) is 5.10. The zero-order valence-electron chi connectivity index (χ0n) is 9.12. The fourth-order valence-corrected chi connectivity index (χ4v) is 3.34. The molecule has 0 atom stereocenters. The fourth-order valence-electron chi connectivity index (χ4n) is 1.23. The van der Waals surface area contributed by atoms with Crippen molar-refractivity contribution >= 4 is 43.2 Å². The number of benzene rings is 1. The molecule has 0 saturated heterocycles. The second-order valence-electron chi connectivity index (χ2n) is 3.54. The number of hydrogen-bond donors (Lipinski definition) is 2. The van der Waals surface area contributed by atoms with Crippen LogP contribution in [0.4, 0.5) is 5.69 Å². The third-order valence-corrected chi connectivity index (χ3v) is 4.31. The molecule has 0 aliphatic carbocycles. The Balaban J connectivity index is 2.69. The molecule has 1 aromatic carbocycles. The van der Waals surface area contributed by atoms with Gasteiger partial charge in [-0.25, -0.2) is 8.42 Å². The van der Waals surface area contributed by atoms with Crippen LogP contribution in [-0.2, 0) is 10.0 Å². The highest BCUT2D eigenvalue weighted by Crippen LogP contribution is 2.26. The summed E-state index contributed by atoms with van der Waals surface area (Å²) in [6.07, 6.45) is 1.25. The maximum absolute atomic E-state index is 11.7. The van der Waals surface area contributed by atoms with E-state index in [2.05, 4.69) is 20.7 Å². The Morgan fingerprint density at radius 3 is 2.65 bits per heavy atom. The summed E-state index contributed by atoms with van der Waals surface area (Å²) >= 11 is 9.02. The van der Waals surface area contributed by atoms with Crippen molar-refractivity contribution in [1.29, 1.82) is 0 Å². The molecule has 17 heavy (non-hydrogen) atoms. The van der Waals surface area contributed by atoms with Gasteiger partial charge < -0.3 is 5.73 Å². The number of rotatable bonds is 6. The summed E-state index contributed by atoms with van der Waals surface area (Å²) in [4.78, 5) is 0. The van der Waals surface area contributed by atoms with Crippen LogP contribution < -0.4 is 10.5 Å². The maximum atomic E-state index is 11.7. The van der Waals surface area contributed by atoms with Gasteiger partial charge in [-0.2, -0.15) is 0 Å². The van der Waals surface area contributed by atoms with Gasteiger partial charge in [-0.15, -0.1) is 0 Å². The van der Waals surface area contributed by atoms with Crippen LogP contribution in [0.5, 0.6) is 0 Å². The highest BCUT2D eigenvalue weighted by Gasteiger charge is 2.11. The van der Waals surface area contributed by atoms with Gasteiger partial charge in [0.2, 0.25) is 10.0 Å². The first kappa shape index (κ1) is 14.8. The predicted molar refractivity (Wildman–Crippen MR) is 74.8 cm³/mol. The molecular weight excluding hydrogens is 328 g/mol. The third kappa shape index (κ3) is 5.25. The molecule has 0 amide bonds. The number of unbranched alkanes of at least 4 members (excludes halogenated alkanes) is 1. The molecule has 0 aromatic heterocycles. The lowest BCUT2D eigenvalue weighted by Gasteiger charge is -2.09. The quantitative estimate of drug-likeness (QED) is 0.781. The molecule has 0 spiro atoms. The van der Waals surface area contributed by atoms with Crippen LogP contribution in [0.25, 0.3) is 0 Å². The highest BCUT2D eigenvalue weighted by atomic mass is 79.9. The summed E-state index contributed by atoms with van der Waals surface area (Å²) in [5, 5.41) is 0.544. The van der Waals surface area contributed by atoms with Gasteiger partial charge in [-0.1, -0.05) is 11.6 Å². The molecule has 0 unspecified atom stereocenters. The summed E-state index contributed by atoms with van der Waals surface area (Å²) in [6, 6.07) is 4.89. The lowest BCUT2D eigenvalue weighted by molar-refractivity contribution is 0.597. The van der Waals surface area contributed by atoms with Crippen LogP contribution in [0.15, 0.2) is 22.7 Å². The van der Waals surface area contributed by atoms with Crippen LogP contribution in [0.3, 0.4) is 0 Å². The number of nitrogens with two attached hydrogens (primary N) is 1. The Hall–Kier alpha value is -0.300. The topological polar surface area (TPSA) is 72.2 Å². The van der Waals surface area contributed by atoms with E-state index in [1.54, 1.807) is 18.2 Å². The fraction of sp³-hybridized carbons (Fsp3) is 0.400. The largest absolute Gasteiger partial charge is 0.330 e. The Morgan fingerprint density at radius 1 is 1.35 bits per heavy atom. The van der Waals surface area contributed by atoms with E-state index >= 15 is 0 Å². The minimum Gasteiger partial charge on any atom is -0.330 e. The van der Waals surface area contributed by atoms with Crippen LogP contribution in [0, 0.1) is 0 Å². The van der Waals surface area contributed by atoms with Crippen molar-refractivity contribution in [2.24, 2.45) is 5.73 Å². The lowest BCUT2D eigenvalue weighted by atomic mass is 10.3. The molecule has 1 rings (SSSR count). The standard InChI is InChI=1S/C10H14BrClN2O2S/c11-9-7-8(12)3-4-10(9)14-17(15,16)6-2-1-5-13/h3-4,7,14H,1-2,5-6,13H2. The molecule has 4 nitrogen and oxygen atoms in total. The minimum atomic E-state index is -3.32. The summed E-state index contributed by atoms with van der Waals surface area (Å²) in [5.41, 5.74) is 5.80. The van der Waals surface area contributed by atoms with Crippen LogP contribution >= 0.6 is 27.5 Å². The van der Waals surface area contributed by atoms with Crippen molar-refractivity contribution in [2.45, 2.75) is 12.8 Å². The van der Waals surface area contributed by atoms with E-state index in [0.717, 1.165) is 0 Å². The molecule has 0 radical (unpaired) electrons. The average molecular weight is 342 g/mol. The third-order valence-electron chi connectivity index (χ3n) is 2.06. The smallest absolute Gasteiger partial charge is 0.232 e. The van der Waals surface area contributed by atoms with Gasteiger partial charge in [0, 0.05) is 9.50 Å². The van der Waals surface area contributed by atoms with Gasteiger partial charge >= 0.3 is 0 Å². The first-order chi connectivity index (χ1) is 7.94. The first-order valence-corrected chi connectivity index (χ1v) is 7.92. The Kier molecular flexibility index (Phi) is 5.72. The van der Waals surface area contributed by atoms with Crippen LogP contribution in [-0.4, -0.2) is 20.7 Å². The molecule has 0 saturated carbocycles. The van der Waals surface area contributed by atoms with E-state index in [-0.39, 0.29) is 5.75 Å². The summed E-state index contributed by atoms with van der Waals surface area (Å²) < 4.78 is 26.5. The van der Waals surface area contributed by atoms with E-state index in [9.17, 15) is 8.42 Å². The van der Waals surface area contributed by atoms with Gasteiger partial charge in [-0.3, -0.25) is 4.72 Å². The van der Waals surface area contributed by atoms with Crippen molar-refractivity contribution in [2.75, 3.05) is 17.0 Å². The number of halogens is 2. The maximum Gasteiger partial charge on any atom is 0.232 e. The summed E-state index contributed by atoms with van der Waals surface area (Å²) in [6.45, 7) is 0.500. The van der Waals surface area contributed by atoms with Gasteiger partial charge in [0.1, 0.15) is 0 Å². The van der Waals surface area contributed by atoms with Crippen molar-refractivity contribution in [3.05, 3.63) is 27.7 Å². The second-order valence-corrected chi connectivity index (χ2v) is 6.67. The molecule has 0 fully saturated rings. The van der Waals surface area contributed by atoms with Crippen LogP contribution in [0.1, 0.15) is 12.8 Å². The molecule has 0 aliphatic rings. The van der Waals surface area contributed by atoms with Gasteiger partial charge in [0.05, 0.1) is 11.4 Å². The van der Waals surface area contributed by atoms with Crippen molar-refractivity contribution in [3.8, 4) is 0 Å². The Morgan fingerprint density at radius 2 is 2.06 bits per heavy atom. The monoisotopic (exact) mass is 340 g/mol. The van der Waals surface area contributed by atoms with E-state index in [1.165, 1.54) is 0 Å². The molecule has 1 aromatic rings. The van der Waals surface area contributed by atoms with E-state index in [0.29, 0.717) is 34.6 Å². The summed E-state index contributed by atoms with van der Waals surface area (Å²) in [7, 11) is -3.32. The number of sulfonamides is 1. The molecule has 96 valence electrons. The minimum absolute atomic E-state index is 0.0687. The van der Waals surface area contributed by atoms with E-state index in [4.69, 9.17) is 17.3 Å². The normalized spacial score (nSPS) is 11.5. The van der Waals surface area contributed by atoms with Gasteiger partial charge in [-0.05, 0) is 53.5 Å². The van der Waals surface area contributed by atoms with Crippen molar-refractivity contribution in [3.63, 3.8) is 0 Å². The Labute approximate surface area is 115 Å². The van der Waals surface area contributed by atoms with Crippen molar-refractivity contribution in [1.82, 2.24) is 0 Å². The molecular formula is C10H14BrClN2O2S. The summed E-state index contributed by atoms with van der Waals surface area (Å²) in [5.74, 6) is 0.0687. The predicted octanol–water partition coefficient (Wildman–Crippen LogP) is 2.58. The zero-order chi connectivity index (χ0) is 12.9. The highest BCUT2D eigenvalue weighted by molar-refractivity contribution is 9.10. The van der Waals surface area contributed by atoms with E-state index in [1.807, 2.05) is 0 Å². The lowest BCUT2D eigenvalue weighted by Crippen LogP contribution is -2.17. The Bertz CT molecular complexity index is 479. The second kappa shape index (κ2) is 6.58. The molecule has 7 heteroatoms.